The van der Waals surface area contributed by atoms with E-state index < -0.39 is 0 Å². The Bertz CT molecular complexity index is 381. The monoisotopic (exact) mass is 253 g/mol. The number of carbonyl (C=O) groups is 1. The first kappa shape index (κ1) is 12.6. The third kappa shape index (κ3) is 3.07. The highest BCUT2D eigenvalue weighted by molar-refractivity contribution is 7.12. The van der Waals surface area contributed by atoms with Crippen molar-refractivity contribution < 1.29 is 9.90 Å². The number of carbonyl (C=O) groups excluding carboxylic acids is 1. The molecular weight excluding hydrogens is 234 g/mol. The smallest absolute Gasteiger partial charge is 0.261 e. The molecule has 1 aliphatic carbocycles. The van der Waals surface area contributed by atoms with Crippen molar-refractivity contribution in [2.45, 2.75) is 51.2 Å². The molecule has 2 rings (SSSR count). The average molecular weight is 253 g/mol. The first-order valence-electron chi connectivity index (χ1n) is 6.26. The molecule has 0 aliphatic heterocycles. The fourth-order valence-electron chi connectivity index (χ4n) is 2.28. The van der Waals surface area contributed by atoms with E-state index in [-0.39, 0.29) is 18.1 Å². The molecule has 0 spiro atoms. The van der Waals surface area contributed by atoms with Gasteiger partial charge in [-0.1, -0.05) is 6.92 Å². The van der Waals surface area contributed by atoms with Gasteiger partial charge in [-0.05, 0) is 49.1 Å². The average Bonchev–Trinajstić information content (AvgIpc) is 2.80. The molecule has 3 nitrogen and oxygen atoms in total. The van der Waals surface area contributed by atoms with Crippen LogP contribution in [0.4, 0.5) is 0 Å². The van der Waals surface area contributed by atoms with Crippen molar-refractivity contribution in [1.82, 2.24) is 5.32 Å². The maximum atomic E-state index is 12.1. The summed E-state index contributed by atoms with van der Waals surface area (Å²) in [5.74, 6) is 0.0539. The summed E-state index contributed by atoms with van der Waals surface area (Å²) >= 11 is 1.51. The van der Waals surface area contributed by atoms with Crippen LogP contribution in [0.15, 0.2) is 11.4 Å². The molecule has 17 heavy (non-hydrogen) atoms. The van der Waals surface area contributed by atoms with Crippen molar-refractivity contribution in [2.75, 3.05) is 0 Å². The van der Waals surface area contributed by atoms with Crippen LogP contribution in [0.3, 0.4) is 0 Å². The van der Waals surface area contributed by atoms with Crippen LogP contribution >= 0.6 is 11.3 Å². The van der Waals surface area contributed by atoms with Crippen LogP contribution in [-0.2, 0) is 6.42 Å². The summed E-state index contributed by atoms with van der Waals surface area (Å²) in [7, 11) is 0. The van der Waals surface area contributed by atoms with Gasteiger partial charge in [-0.15, -0.1) is 11.3 Å². The van der Waals surface area contributed by atoms with Crippen molar-refractivity contribution in [3.8, 4) is 0 Å². The number of hydrogen-bond donors (Lipinski definition) is 2. The molecule has 0 saturated heterocycles. The number of rotatable bonds is 3. The second-order valence-corrected chi connectivity index (χ2v) is 5.52. The zero-order chi connectivity index (χ0) is 12.3. The van der Waals surface area contributed by atoms with E-state index in [2.05, 4.69) is 12.2 Å². The lowest BCUT2D eigenvalue weighted by molar-refractivity contribution is 0.0870. The summed E-state index contributed by atoms with van der Waals surface area (Å²) in [6.45, 7) is 2.07. The largest absolute Gasteiger partial charge is 0.393 e. The molecule has 0 radical (unpaired) electrons. The van der Waals surface area contributed by atoms with E-state index >= 15 is 0 Å². The van der Waals surface area contributed by atoms with E-state index in [0.717, 1.165) is 42.5 Å². The standard InChI is InChI=1S/C13H19NO2S/c1-2-9-7-8-17-12(9)13(16)14-10-3-5-11(15)6-4-10/h7-8,10-11,15H,2-6H2,1H3,(H,14,16). The van der Waals surface area contributed by atoms with Crippen molar-refractivity contribution in [1.29, 1.82) is 0 Å². The van der Waals surface area contributed by atoms with E-state index in [9.17, 15) is 9.90 Å². The lowest BCUT2D eigenvalue weighted by Gasteiger charge is -2.26. The first-order chi connectivity index (χ1) is 8.20. The van der Waals surface area contributed by atoms with Crippen molar-refractivity contribution in [3.05, 3.63) is 21.9 Å². The van der Waals surface area contributed by atoms with E-state index in [1.807, 2.05) is 11.4 Å². The second kappa shape index (κ2) is 5.65. The highest BCUT2D eigenvalue weighted by Gasteiger charge is 2.22. The Morgan fingerprint density at radius 3 is 2.82 bits per heavy atom. The molecule has 0 unspecified atom stereocenters. The number of nitrogens with one attached hydrogen (secondary N) is 1. The molecule has 94 valence electrons. The van der Waals surface area contributed by atoms with Crippen LogP contribution < -0.4 is 5.32 Å². The van der Waals surface area contributed by atoms with Crippen molar-refractivity contribution >= 4 is 17.2 Å². The SMILES string of the molecule is CCc1ccsc1C(=O)NC1CCC(O)CC1. The molecule has 1 aromatic rings. The number of amides is 1. The highest BCUT2D eigenvalue weighted by Crippen LogP contribution is 2.21. The van der Waals surface area contributed by atoms with E-state index in [0.29, 0.717) is 0 Å². The Morgan fingerprint density at radius 1 is 1.47 bits per heavy atom. The number of aryl methyl sites for hydroxylation is 1. The summed E-state index contributed by atoms with van der Waals surface area (Å²) in [6, 6.07) is 2.25. The molecular formula is C13H19NO2S. The van der Waals surface area contributed by atoms with Crippen molar-refractivity contribution in [3.63, 3.8) is 0 Å². The maximum Gasteiger partial charge on any atom is 0.261 e. The molecule has 0 atom stereocenters. The van der Waals surface area contributed by atoms with Gasteiger partial charge in [-0.25, -0.2) is 0 Å². The van der Waals surface area contributed by atoms with Gasteiger partial charge in [-0.3, -0.25) is 4.79 Å². The molecule has 1 amide bonds. The number of aliphatic hydroxyl groups excluding tert-OH is 1. The fraction of sp³-hybridized carbons (Fsp3) is 0.615. The van der Waals surface area contributed by atoms with Gasteiger partial charge in [0.25, 0.3) is 5.91 Å². The Balaban J connectivity index is 1.93. The molecule has 1 fully saturated rings. The lowest BCUT2D eigenvalue weighted by atomic mass is 9.93. The van der Waals surface area contributed by atoms with E-state index in [1.54, 1.807) is 0 Å². The van der Waals surface area contributed by atoms with E-state index in [4.69, 9.17) is 0 Å². The van der Waals surface area contributed by atoms with Gasteiger partial charge in [0, 0.05) is 6.04 Å². The first-order valence-corrected chi connectivity index (χ1v) is 7.14. The predicted molar refractivity (Wildman–Crippen MR) is 69.4 cm³/mol. The Kier molecular flexibility index (Phi) is 4.18. The minimum Gasteiger partial charge on any atom is -0.393 e. The maximum absolute atomic E-state index is 12.1. The Hall–Kier alpha value is -0.870. The molecule has 0 bridgehead atoms. The van der Waals surface area contributed by atoms with Crippen LogP contribution in [0.2, 0.25) is 0 Å². The highest BCUT2D eigenvalue weighted by atomic mass is 32.1. The molecule has 1 heterocycles. The van der Waals surface area contributed by atoms with Crippen LogP contribution in [0.5, 0.6) is 0 Å². The third-order valence-corrected chi connectivity index (χ3v) is 4.32. The lowest BCUT2D eigenvalue weighted by Crippen LogP contribution is -2.38. The number of thiophene rings is 1. The summed E-state index contributed by atoms with van der Waals surface area (Å²) in [6.07, 6.45) is 4.11. The topological polar surface area (TPSA) is 49.3 Å². The molecule has 2 N–H and O–H groups in total. The number of hydrogen-bond acceptors (Lipinski definition) is 3. The Labute approximate surface area is 106 Å². The van der Waals surface area contributed by atoms with Gasteiger partial charge in [0.2, 0.25) is 0 Å². The molecule has 4 heteroatoms. The summed E-state index contributed by atoms with van der Waals surface area (Å²) in [5, 5.41) is 14.5. The van der Waals surface area contributed by atoms with E-state index in [1.165, 1.54) is 11.3 Å². The number of aliphatic hydroxyl groups is 1. The minimum absolute atomic E-state index is 0.0539. The van der Waals surface area contributed by atoms with Crippen LogP contribution in [0.1, 0.15) is 47.8 Å². The van der Waals surface area contributed by atoms with Gasteiger partial charge < -0.3 is 10.4 Å². The van der Waals surface area contributed by atoms with Gasteiger partial charge >= 0.3 is 0 Å². The zero-order valence-electron chi connectivity index (χ0n) is 10.1. The predicted octanol–water partition coefficient (Wildman–Crippen LogP) is 2.34. The van der Waals surface area contributed by atoms with Crippen LogP contribution in [-0.4, -0.2) is 23.2 Å². The molecule has 0 aromatic carbocycles. The summed E-state index contributed by atoms with van der Waals surface area (Å²) < 4.78 is 0. The summed E-state index contributed by atoms with van der Waals surface area (Å²) in [4.78, 5) is 12.9. The van der Waals surface area contributed by atoms with Crippen molar-refractivity contribution in [2.24, 2.45) is 0 Å². The van der Waals surface area contributed by atoms with Crippen LogP contribution in [0.25, 0.3) is 0 Å². The zero-order valence-corrected chi connectivity index (χ0v) is 10.9. The molecule has 1 saturated carbocycles. The molecule has 1 aliphatic rings. The normalized spacial score (nSPS) is 24.6. The van der Waals surface area contributed by atoms with Gasteiger partial charge in [0.1, 0.15) is 0 Å². The quantitative estimate of drug-likeness (QED) is 0.868. The molecule has 1 aromatic heterocycles. The van der Waals surface area contributed by atoms with Gasteiger partial charge in [0.05, 0.1) is 11.0 Å². The van der Waals surface area contributed by atoms with Crippen LogP contribution in [0, 0.1) is 0 Å². The van der Waals surface area contributed by atoms with Gasteiger partial charge in [-0.2, -0.15) is 0 Å². The minimum atomic E-state index is -0.170. The van der Waals surface area contributed by atoms with Gasteiger partial charge in [0.15, 0.2) is 0 Å². The Morgan fingerprint density at radius 2 is 2.18 bits per heavy atom. The fourth-order valence-corrected chi connectivity index (χ4v) is 3.18. The summed E-state index contributed by atoms with van der Waals surface area (Å²) in [5.41, 5.74) is 1.13. The second-order valence-electron chi connectivity index (χ2n) is 4.61. The third-order valence-electron chi connectivity index (χ3n) is 3.37.